The van der Waals surface area contributed by atoms with Crippen molar-refractivity contribution in [1.82, 2.24) is 4.57 Å². The standard InChI is InChI=1S/C48H34N2/c1-4-16-34(17-5-1)49(35-18-6-2-7-19-35)37-30-28-33(29-31-37)43-32-44-39-23-11-13-25-41(39)48-47(46(44)40-24-12-10-22-38(40)43)42-26-14-15-27-45(42)50(48)36-20-8-3-9-21-36/h1-23,25-32,40H,24H2. The molecule has 8 aromatic rings. The average molecular weight is 639 g/mol. The van der Waals surface area contributed by atoms with E-state index in [9.17, 15) is 0 Å². The van der Waals surface area contributed by atoms with Gasteiger partial charge in [-0.15, -0.1) is 0 Å². The zero-order valence-corrected chi connectivity index (χ0v) is 27.6. The number of benzene rings is 7. The molecule has 1 unspecified atom stereocenters. The Morgan fingerprint density at radius 3 is 1.82 bits per heavy atom. The highest BCUT2D eigenvalue weighted by atomic mass is 15.1. The van der Waals surface area contributed by atoms with Crippen LogP contribution < -0.4 is 4.90 Å². The minimum absolute atomic E-state index is 0.252. The molecule has 236 valence electrons. The zero-order chi connectivity index (χ0) is 33.0. The molecular weight excluding hydrogens is 605 g/mol. The molecule has 0 amide bonds. The SMILES string of the molecule is C1=CCC2C(=C1)C(c1ccc(N(c3ccccc3)c3ccccc3)cc1)=Cc1c2c2c3ccccc3n(-c3ccccc3)c2c2ccccc12. The van der Waals surface area contributed by atoms with E-state index in [0.717, 1.165) is 23.5 Å². The van der Waals surface area contributed by atoms with Gasteiger partial charge in [0, 0.05) is 44.8 Å². The van der Waals surface area contributed by atoms with Gasteiger partial charge in [0.05, 0.1) is 11.0 Å². The summed E-state index contributed by atoms with van der Waals surface area (Å²) in [6.45, 7) is 0. The molecule has 1 atom stereocenters. The minimum Gasteiger partial charge on any atom is -0.311 e. The van der Waals surface area contributed by atoms with Gasteiger partial charge in [0.1, 0.15) is 0 Å². The average Bonchev–Trinajstić information content (AvgIpc) is 3.54. The van der Waals surface area contributed by atoms with Gasteiger partial charge >= 0.3 is 0 Å². The predicted molar refractivity (Wildman–Crippen MR) is 212 cm³/mol. The third kappa shape index (κ3) is 4.42. The van der Waals surface area contributed by atoms with Crippen molar-refractivity contribution in [1.29, 1.82) is 0 Å². The topological polar surface area (TPSA) is 8.17 Å². The number of hydrogen-bond acceptors (Lipinski definition) is 1. The minimum atomic E-state index is 0.252. The van der Waals surface area contributed by atoms with Crippen LogP contribution in [0.25, 0.3) is 49.9 Å². The summed E-state index contributed by atoms with van der Waals surface area (Å²) in [5.41, 5.74) is 13.9. The predicted octanol–water partition coefficient (Wildman–Crippen LogP) is 12.9. The fraction of sp³-hybridized carbons (Fsp3) is 0.0417. The highest BCUT2D eigenvalue weighted by Gasteiger charge is 2.33. The van der Waals surface area contributed by atoms with Gasteiger partial charge in [-0.25, -0.2) is 0 Å². The first-order chi connectivity index (χ1) is 24.8. The Hall–Kier alpha value is -6.38. The number of rotatable bonds is 5. The Kier molecular flexibility index (Phi) is 6.67. The second-order valence-corrected chi connectivity index (χ2v) is 13.2. The van der Waals surface area contributed by atoms with Crippen LogP contribution in [0.2, 0.25) is 0 Å². The summed E-state index contributed by atoms with van der Waals surface area (Å²) in [6, 6.07) is 59.2. The summed E-state index contributed by atoms with van der Waals surface area (Å²) in [5, 5.41) is 5.27. The molecular formula is C48H34N2. The lowest BCUT2D eigenvalue weighted by atomic mass is 9.71. The number of allylic oxidation sites excluding steroid dienone is 5. The molecule has 0 fully saturated rings. The monoisotopic (exact) mass is 638 g/mol. The summed E-state index contributed by atoms with van der Waals surface area (Å²) in [5.74, 6) is 0.252. The van der Waals surface area contributed by atoms with Crippen molar-refractivity contribution >= 4 is 61.3 Å². The molecule has 2 nitrogen and oxygen atoms in total. The normalized spacial score (nSPS) is 15.1. The first kappa shape index (κ1) is 28.6. The van der Waals surface area contributed by atoms with E-state index < -0.39 is 0 Å². The van der Waals surface area contributed by atoms with Gasteiger partial charge in [-0.05, 0) is 100 Å². The summed E-state index contributed by atoms with van der Waals surface area (Å²) >= 11 is 0. The lowest BCUT2D eigenvalue weighted by Gasteiger charge is -2.32. The van der Waals surface area contributed by atoms with E-state index in [1.807, 2.05) is 0 Å². The number of fused-ring (bicyclic) bond motifs is 10. The quantitative estimate of drug-likeness (QED) is 0.182. The van der Waals surface area contributed by atoms with E-state index in [0.29, 0.717) is 0 Å². The molecule has 10 rings (SSSR count). The highest BCUT2D eigenvalue weighted by Crippen LogP contribution is 2.53. The maximum Gasteiger partial charge on any atom is 0.0622 e. The molecule has 0 bridgehead atoms. The van der Waals surface area contributed by atoms with Crippen LogP contribution in [0.15, 0.2) is 188 Å². The molecule has 2 heteroatoms. The highest BCUT2D eigenvalue weighted by molar-refractivity contribution is 6.24. The second kappa shape index (κ2) is 11.6. The van der Waals surface area contributed by atoms with Crippen LogP contribution in [0.4, 0.5) is 17.1 Å². The fourth-order valence-electron chi connectivity index (χ4n) is 8.38. The lowest BCUT2D eigenvalue weighted by molar-refractivity contribution is 0.825. The first-order valence-corrected chi connectivity index (χ1v) is 17.5. The molecule has 0 spiro atoms. The lowest BCUT2D eigenvalue weighted by Crippen LogP contribution is -2.14. The Labute approximate surface area is 292 Å². The van der Waals surface area contributed by atoms with Gasteiger partial charge in [-0.3, -0.25) is 0 Å². The molecule has 1 heterocycles. The van der Waals surface area contributed by atoms with E-state index in [1.54, 1.807) is 0 Å². The largest absolute Gasteiger partial charge is 0.311 e. The van der Waals surface area contributed by atoms with Gasteiger partial charge in [-0.2, -0.15) is 0 Å². The number of aromatic nitrogens is 1. The fourth-order valence-corrected chi connectivity index (χ4v) is 8.38. The first-order valence-electron chi connectivity index (χ1n) is 17.5. The Balaban J connectivity index is 1.21. The molecule has 2 aliphatic rings. The van der Waals surface area contributed by atoms with Gasteiger partial charge in [0.15, 0.2) is 0 Å². The summed E-state index contributed by atoms with van der Waals surface area (Å²) in [6.07, 6.45) is 10.4. The smallest absolute Gasteiger partial charge is 0.0622 e. The van der Waals surface area contributed by atoms with Gasteiger partial charge in [-0.1, -0.05) is 127 Å². The third-order valence-electron chi connectivity index (χ3n) is 10.5. The molecule has 1 aromatic heterocycles. The summed E-state index contributed by atoms with van der Waals surface area (Å²) in [4.78, 5) is 2.33. The Morgan fingerprint density at radius 2 is 1.12 bits per heavy atom. The number of anilines is 3. The van der Waals surface area contributed by atoms with Crippen LogP contribution in [-0.2, 0) is 0 Å². The van der Waals surface area contributed by atoms with Crippen LogP contribution in [0, 0.1) is 0 Å². The van der Waals surface area contributed by atoms with Crippen LogP contribution in [-0.4, -0.2) is 4.57 Å². The molecule has 2 aliphatic carbocycles. The van der Waals surface area contributed by atoms with Crippen molar-refractivity contribution in [3.8, 4) is 5.69 Å². The van der Waals surface area contributed by atoms with Crippen molar-refractivity contribution in [2.45, 2.75) is 12.3 Å². The molecule has 0 saturated heterocycles. The molecule has 0 radical (unpaired) electrons. The van der Waals surface area contributed by atoms with Crippen LogP contribution in [0.5, 0.6) is 0 Å². The molecule has 0 aliphatic heterocycles. The van der Waals surface area contributed by atoms with Crippen LogP contribution in [0.3, 0.4) is 0 Å². The van der Waals surface area contributed by atoms with Crippen molar-refractivity contribution < 1.29 is 0 Å². The Morgan fingerprint density at radius 1 is 0.540 bits per heavy atom. The Bertz CT molecular complexity index is 2600. The molecule has 50 heavy (non-hydrogen) atoms. The maximum absolute atomic E-state index is 2.48. The van der Waals surface area contributed by atoms with Crippen molar-refractivity contribution in [3.63, 3.8) is 0 Å². The molecule has 7 aromatic carbocycles. The van der Waals surface area contributed by atoms with Crippen molar-refractivity contribution in [2.24, 2.45) is 0 Å². The van der Waals surface area contributed by atoms with Gasteiger partial charge in [0.25, 0.3) is 0 Å². The second-order valence-electron chi connectivity index (χ2n) is 13.2. The van der Waals surface area contributed by atoms with Crippen molar-refractivity contribution in [3.05, 3.63) is 204 Å². The number of para-hydroxylation sites is 4. The molecule has 0 N–H and O–H groups in total. The van der Waals surface area contributed by atoms with E-state index in [2.05, 4.69) is 198 Å². The maximum atomic E-state index is 2.48. The van der Waals surface area contributed by atoms with E-state index >= 15 is 0 Å². The van der Waals surface area contributed by atoms with Crippen LogP contribution in [0.1, 0.15) is 29.0 Å². The van der Waals surface area contributed by atoms with Gasteiger partial charge in [0.2, 0.25) is 0 Å². The molecule has 0 saturated carbocycles. The van der Waals surface area contributed by atoms with Gasteiger partial charge < -0.3 is 9.47 Å². The van der Waals surface area contributed by atoms with E-state index in [4.69, 9.17) is 0 Å². The van der Waals surface area contributed by atoms with E-state index in [-0.39, 0.29) is 5.92 Å². The zero-order valence-electron chi connectivity index (χ0n) is 27.6. The number of hydrogen-bond donors (Lipinski definition) is 0. The van der Waals surface area contributed by atoms with Crippen LogP contribution >= 0.6 is 0 Å². The summed E-state index contributed by atoms with van der Waals surface area (Å²) < 4.78 is 2.48. The van der Waals surface area contributed by atoms with Crippen molar-refractivity contribution in [2.75, 3.05) is 4.90 Å². The number of nitrogens with zero attached hydrogens (tertiary/aromatic N) is 2. The summed E-state index contributed by atoms with van der Waals surface area (Å²) in [7, 11) is 0. The van der Waals surface area contributed by atoms with E-state index in [1.165, 1.54) is 66.1 Å². The third-order valence-corrected chi connectivity index (χ3v) is 10.5.